The largest absolute Gasteiger partial charge is 0.399 e. The van der Waals surface area contributed by atoms with E-state index in [-0.39, 0.29) is 17.3 Å². The van der Waals surface area contributed by atoms with Crippen LogP contribution in [0.1, 0.15) is 25.3 Å². The summed E-state index contributed by atoms with van der Waals surface area (Å²) in [7, 11) is 2.01. The van der Waals surface area contributed by atoms with Crippen LogP contribution in [0, 0.1) is 44.8 Å². The van der Waals surface area contributed by atoms with Crippen molar-refractivity contribution in [2.75, 3.05) is 13.6 Å². The normalized spacial score (nSPS) is 30.4. The third kappa shape index (κ3) is 2.17. The smallest absolute Gasteiger partial charge is 0.191 e. The van der Waals surface area contributed by atoms with Gasteiger partial charge >= 0.3 is 0 Å². The van der Waals surface area contributed by atoms with E-state index in [0.717, 1.165) is 11.1 Å². The molecule has 0 aromatic heterocycles. The van der Waals surface area contributed by atoms with Gasteiger partial charge < -0.3 is 5.73 Å². The molecule has 1 aliphatic carbocycles. The molecule has 0 unspecified atom stereocenters. The molecular formula is C21H21N5. The quantitative estimate of drug-likeness (QED) is 0.845. The summed E-state index contributed by atoms with van der Waals surface area (Å²) in [5, 5.41) is 29.9. The molecule has 0 fully saturated rings. The third-order valence-electron chi connectivity index (χ3n) is 5.93. The highest BCUT2D eigenvalue weighted by atomic mass is 15.1. The van der Waals surface area contributed by atoms with Gasteiger partial charge in [0, 0.05) is 23.9 Å². The number of benzene rings is 1. The highest BCUT2D eigenvalue weighted by Crippen LogP contribution is 2.60. The topological polar surface area (TPSA) is 101 Å². The van der Waals surface area contributed by atoms with Crippen LogP contribution in [-0.2, 0) is 0 Å². The predicted octanol–water partition coefficient (Wildman–Crippen LogP) is 2.82. The van der Waals surface area contributed by atoms with Crippen molar-refractivity contribution in [1.82, 2.24) is 4.90 Å². The van der Waals surface area contributed by atoms with Gasteiger partial charge in [-0.2, -0.15) is 15.8 Å². The molecule has 1 heterocycles. The Labute approximate surface area is 154 Å². The molecule has 5 heteroatoms. The van der Waals surface area contributed by atoms with Crippen LogP contribution >= 0.6 is 0 Å². The van der Waals surface area contributed by atoms with E-state index in [1.165, 1.54) is 0 Å². The maximum atomic E-state index is 10.1. The Balaban J connectivity index is 2.44. The van der Waals surface area contributed by atoms with E-state index >= 15 is 0 Å². The molecule has 0 saturated carbocycles. The molecule has 0 spiro atoms. The second kappa shape index (κ2) is 6.03. The zero-order valence-electron chi connectivity index (χ0n) is 15.2. The van der Waals surface area contributed by atoms with Crippen molar-refractivity contribution >= 4 is 0 Å². The van der Waals surface area contributed by atoms with E-state index in [9.17, 15) is 15.8 Å². The number of fused-ring (bicyclic) bond motifs is 1. The third-order valence-corrected chi connectivity index (χ3v) is 5.93. The second-order valence-electron chi connectivity index (χ2n) is 7.43. The number of hydrogen-bond donors (Lipinski definition) is 1. The van der Waals surface area contributed by atoms with Crippen LogP contribution in [0.25, 0.3) is 0 Å². The Morgan fingerprint density at radius 1 is 1.15 bits per heavy atom. The molecule has 26 heavy (non-hydrogen) atoms. The average Bonchev–Trinajstić information content (AvgIpc) is 2.64. The molecule has 0 bridgehead atoms. The van der Waals surface area contributed by atoms with Crippen LogP contribution in [0.4, 0.5) is 0 Å². The Kier molecular flexibility index (Phi) is 4.11. The number of nitrogens with zero attached hydrogens (tertiary/aromatic N) is 4. The summed E-state index contributed by atoms with van der Waals surface area (Å²) in [6.07, 6.45) is 2.05. The zero-order chi connectivity index (χ0) is 19.1. The molecule has 0 amide bonds. The average molecular weight is 343 g/mol. The molecule has 5 nitrogen and oxygen atoms in total. The lowest BCUT2D eigenvalue weighted by Crippen LogP contribution is -2.54. The van der Waals surface area contributed by atoms with Crippen molar-refractivity contribution in [2.45, 2.75) is 25.8 Å². The van der Waals surface area contributed by atoms with Gasteiger partial charge in [-0.15, -0.1) is 0 Å². The van der Waals surface area contributed by atoms with Crippen molar-refractivity contribution in [1.29, 1.82) is 15.8 Å². The van der Waals surface area contributed by atoms with Crippen LogP contribution in [-0.4, -0.2) is 24.5 Å². The molecule has 2 N–H and O–H groups in total. The van der Waals surface area contributed by atoms with Gasteiger partial charge in [0.05, 0.1) is 23.4 Å². The van der Waals surface area contributed by atoms with E-state index in [4.69, 9.17) is 5.73 Å². The summed E-state index contributed by atoms with van der Waals surface area (Å²) in [5.41, 5.74) is 6.23. The number of hydrogen-bond acceptors (Lipinski definition) is 5. The highest BCUT2D eigenvalue weighted by Gasteiger charge is 2.60. The lowest BCUT2D eigenvalue weighted by Gasteiger charge is -2.53. The van der Waals surface area contributed by atoms with E-state index in [1.54, 1.807) is 0 Å². The highest BCUT2D eigenvalue weighted by molar-refractivity contribution is 5.61. The van der Waals surface area contributed by atoms with E-state index < -0.39 is 16.7 Å². The number of nitriles is 3. The minimum atomic E-state index is -1.58. The summed E-state index contributed by atoms with van der Waals surface area (Å²) in [6.45, 7) is 4.72. The van der Waals surface area contributed by atoms with Crippen molar-refractivity contribution < 1.29 is 0 Å². The van der Waals surface area contributed by atoms with Crippen molar-refractivity contribution in [3.05, 3.63) is 58.8 Å². The van der Waals surface area contributed by atoms with Gasteiger partial charge in [0.2, 0.25) is 0 Å². The molecule has 2 aliphatic rings. The van der Waals surface area contributed by atoms with Crippen molar-refractivity contribution in [2.24, 2.45) is 16.6 Å². The predicted molar refractivity (Wildman–Crippen MR) is 98.0 cm³/mol. The summed E-state index contributed by atoms with van der Waals surface area (Å²) in [5.74, 6) is -0.468. The molecule has 1 aliphatic heterocycles. The monoisotopic (exact) mass is 343 g/mol. The lowest BCUT2D eigenvalue weighted by atomic mass is 9.51. The van der Waals surface area contributed by atoms with Crippen molar-refractivity contribution in [3.63, 3.8) is 0 Å². The maximum absolute atomic E-state index is 10.1. The molecule has 1 aromatic rings. The van der Waals surface area contributed by atoms with Crippen LogP contribution in [0.3, 0.4) is 0 Å². The number of allylic oxidation sites excluding steroid dienone is 2. The van der Waals surface area contributed by atoms with Crippen LogP contribution in [0.5, 0.6) is 0 Å². The number of likely N-dealkylation sites (N-methyl/N-ethyl adjacent to an activating group) is 1. The Hall–Kier alpha value is -3.07. The van der Waals surface area contributed by atoms with Gasteiger partial charge in [-0.05, 0) is 25.1 Å². The number of nitrogens with two attached hydrogens (primary N) is 1. The first-order valence-corrected chi connectivity index (χ1v) is 8.56. The fourth-order valence-electron chi connectivity index (χ4n) is 4.56. The summed E-state index contributed by atoms with van der Waals surface area (Å²) in [4.78, 5) is 2.18. The van der Waals surface area contributed by atoms with Crippen LogP contribution in [0.15, 0.2) is 53.3 Å². The van der Waals surface area contributed by atoms with E-state index in [0.29, 0.717) is 6.54 Å². The van der Waals surface area contributed by atoms with Gasteiger partial charge in [0.15, 0.2) is 5.41 Å². The van der Waals surface area contributed by atoms with Gasteiger partial charge in [-0.25, -0.2) is 0 Å². The number of rotatable bonds is 1. The Bertz CT molecular complexity index is 908. The standard InChI is InChI=1S/C21H21N5/c1-14-9-17-16(10-22)19(25)21(11-23,12-24)18(15-7-5-4-6-8-15)20(17,2)13-26(14)3/h4-9,14,18H,13,25H2,1-3H3/t14-,18-,20+/m0/s1. The Morgan fingerprint density at radius 3 is 2.31 bits per heavy atom. The van der Waals surface area contributed by atoms with Gasteiger partial charge in [-0.3, -0.25) is 4.90 Å². The molecule has 130 valence electrons. The van der Waals surface area contributed by atoms with E-state index in [1.807, 2.05) is 50.4 Å². The van der Waals surface area contributed by atoms with Crippen molar-refractivity contribution in [3.8, 4) is 18.2 Å². The summed E-state index contributed by atoms with van der Waals surface area (Å²) >= 11 is 0. The summed E-state index contributed by atoms with van der Waals surface area (Å²) < 4.78 is 0. The maximum Gasteiger partial charge on any atom is 0.191 e. The minimum Gasteiger partial charge on any atom is -0.399 e. The SMILES string of the molecule is C[C@H]1C=C2C(C#N)=C(N)C(C#N)(C#N)[C@@H](c3ccccc3)[C@]2(C)CN1C. The summed E-state index contributed by atoms with van der Waals surface area (Å²) in [6, 6.07) is 16.2. The molecule has 0 radical (unpaired) electrons. The molecule has 3 rings (SSSR count). The lowest BCUT2D eigenvalue weighted by molar-refractivity contribution is 0.124. The minimum absolute atomic E-state index is 0.0688. The van der Waals surface area contributed by atoms with Crippen LogP contribution < -0.4 is 5.73 Å². The van der Waals surface area contributed by atoms with Crippen LogP contribution in [0.2, 0.25) is 0 Å². The Morgan fingerprint density at radius 2 is 1.77 bits per heavy atom. The zero-order valence-corrected chi connectivity index (χ0v) is 15.2. The molecule has 0 saturated heterocycles. The van der Waals surface area contributed by atoms with Gasteiger partial charge in [0.25, 0.3) is 0 Å². The van der Waals surface area contributed by atoms with E-state index in [2.05, 4.69) is 30.0 Å². The first kappa shape index (κ1) is 17.7. The van der Waals surface area contributed by atoms with Gasteiger partial charge in [0.1, 0.15) is 6.07 Å². The first-order valence-electron chi connectivity index (χ1n) is 8.56. The van der Waals surface area contributed by atoms with Gasteiger partial charge in [-0.1, -0.05) is 43.3 Å². The fraction of sp³-hybridized carbons (Fsp3) is 0.381. The first-order chi connectivity index (χ1) is 12.4. The molecular weight excluding hydrogens is 322 g/mol. The molecule has 3 atom stereocenters. The second-order valence-corrected chi connectivity index (χ2v) is 7.43. The molecule has 1 aromatic carbocycles. The fourth-order valence-corrected chi connectivity index (χ4v) is 4.56.